The first-order valence-electron chi connectivity index (χ1n) is 7.54. The van der Waals surface area contributed by atoms with E-state index in [-0.39, 0.29) is 29.2 Å². The number of rotatable bonds is 1. The molecule has 0 aromatic carbocycles. The third-order valence-corrected chi connectivity index (χ3v) is 4.95. The third-order valence-electron chi connectivity index (χ3n) is 4.95. The van der Waals surface area contributed by atoms with Crippen LogP contribution in [0.5, 0.6) is 0 Å². The highest BCUT2D eigenvalue weighted by Gasteiger charge is 2.50. The Morgan fingerprint density at radius 3 is 2.86 bits per heavy atom. The Hall–Kier alpha value is -1.85. The summed E-state index contributed by atoms with van der Waals surface area (Å²) in [5.74, 6) is 0.252. The summed E-state index contributed by atoms with van der Waals surface area (Å²) in [6.45, 7) is 5.21. The van der Waals surface area contributed by atoms with E-state index in [1.165, 1.54) is 6.20 Å². The largest absolute Gasteiger partial charge is 0.351 e. The van der Waals surface area contributed by atoms with E-state index >= 15 is 0 Å². The van der Waals surface area contributed by atoms with Crippen LogP contribution in [-0.4, -0.2) is 51.4 Å². The smallest absolute Gasteiger partial charge is 0.292 e. The van der Waals surface area contributed by atoms with Crippen molar-refractivity contribution < 1.29 is 14.1 Å². The SMILES string of the molecule is CC(=O)N1CCC[C@@]2(C)[C@@H]1CCCN2C(=O)c1ccno1. The van der Waals surface area contributed by atoms with Gasteiger partial charge in [-0.15, -0.1) is 0 Å². The fourth-order valence-corrected chi connectivity index (χ4v) is 3.91. The topological polar surface area (TPSA) is 66.7 Å². The van der Waals surface area contributed by atoms with Gasteiger partial charge in [-0.05, 0) is 32.6 Å². The van der Waals surface area contributed by atoms with E-state index in [0.29, 0.717) is 6.54 Å². The van der Waals surface area contributed by atoms with Crippen molar-refractivity contribution in [2.24, 2.45) is 0 Å². The van der Waals surface area contributed by atoms with Gasteiger partial charge in [-0.3, -0.25) is 9.59 Å². The van der Waals surface area contributed by atoms with Gasteiger partial charge >= 0.3 is 0 Å². The summed E-state index contributed by atoms with van der Waals surface area (Å²) in [7, 11) is 0. The van der Waals surface area contributed by atoms with Gasteiger partial charge in [0.15, 0.2) is 0 Å². The molecule has 0 aliphatic carbocycles. The fourth-order valence-electron chi connectivity index (χ4n) is 3.91. The number of hydrogen-bond donors (Lipinski definition) is 0. The summed E-state index contributed by atoms with van der Waals surface area (Å²) < 4.78 is 5.03. The van der Waals surface area contributed by atoms with Crippen LogP contribution in [0.3, 0.4) is 0 Å². The second-order valence-electron chi connectivity index (χ2n) is 6.16. The minimum atomic E-state index is -0.313. The van der Waals surface area contributed by atoms with Crippen LogP contribution < -0.4 is 0 Å². The molecule has 2 fully saturated rings. The highest BCUT2D eigenvalue weighted by Crippen LogP contribution is 2.39. The van der Waals surface area contributed by atoms with Crippen molar-refractivity contribution in [2.45, 2.75) is 51.1 Å². The van der Waals surface area contributed by atoms with Crippen LogP contribution in [-0.2, 0) is 4.79 Å². The summed E-state index contributed by atoms with van der Waals surface area (Å²) in [6, 6.07) is 1.70. The first-order chi connectivity index (χ1) is 10.0. The Morgan fingerprint density at radius 1 is 1.38 bits per heavy atom. The molecule has 6 heteroatoms. The fraction of sp³-hybridized carbons (Fsp3) is 0.667. The number of carbonyl (C=O) groups excluding carboxylic acids is 2. The number of fused-ring (bicyclic) bond motifs is 1. The molecule has 0 radical (unpaired) electrons. The first-order valence-corrected chi connectivity index (χ1v) is 7.54. The molecule has 0 unspecified atom stereocenters. The van der Waals surface area contributed by atoms with Crippen LogP contribution in [0, 0.1) is 0 Å². The van der Waals surface area contributed by atoms with Crippen molar-refractivity contribution in [3.05, 3.63) is 18.0 Å². The summed E-state index contributed by atoms with van der Waals surface area (Å²) in [5, 5.41) is 3.62. The Balaban J connectivity index is 1.91. The highest BCUT2D eigenvalue weighted by atomic mass is 16.5. The second kappa shape index (κ2) is 5.16. The second-order valence-corrected chi connectivity index (χ2v) is 6.16. The van der Waals surface area contributed by atoms with E-state index in [4.69, 9.17) is 4.52 Å². The lowest BCUT2D eigenvalue weighted by molar-refractivity contribution is -0.140. The molecule has 2 aliphatic heterocycles. The van der Waals surface area contributed by atoms with Crippen molar-refractivity contribution in [1.82, 2.24) is 15.0 Å². The predicted octanol–water partition coefficient (Wildman–Crippen LogP) is 1.68. The summed E-state index contributed by atoms with van der Waals surface area (Å²) in [5.41, 5.74) is -0.313. The summed E-state index contributed by atoms with van der Waals surface area (Å²) in [4.78, 5) is 28.4. The molecule has 0 bridgehead atoms. The lowest BCUT2D eigenvalue weighted by Gasteiger charge is -2.56. The maximum Gasteiger partial charge on any atom is 0.292 e. The molecule has 1 aromatic rings. The molecule has 6 nitrogen and oxygen atoms in total. The summed E-state index contributed by atoms with van der Waals surface area (Å²) >= 11 is 0. The van der Waals surface area contributed by atoms with Crippen molar-refractivity contribution in [3.8, 4) is 0 Å². The van der Waals surface area contributed by atoms with Gasteiger partial charge in [0.05, 0.1) is 17.8 Å². The van der Waals surface area contributed by atoms with E-state index in [1.807, 2.05) is 9.80 Å². The van der Waals surface area contributed by atoms with Gasteiger partial charge in [-0.25, -0.2) is 0 Å². The number of carbonyl (C=O) groups is 2. The van der Waals surface area contributed by atoms with Crippen LogP contribution in [0.15, 0.2) is 16.8 Å². The van der Waals surface area contributed by atoms with E-state index in [2.05, 4.69) is 12.1 Å². The van der Waals surface area contributed by atoms with Gasteiger partial charge in [0.1, 0.15) is 0 Å². The van der Waals surface area contributed by atoms with E-state index in [1.54, 1.807) is 13.0 Å². The number of piperidine rings is 2. The Kier molecular flexibility index (Phi) is 3.47. The average molecular weight is 291 g/mol. The molecule has 3 rings (SSSR count). The Labute approximate surface area is 124 Å². The predicted molar refractivity (Wildman–Crippen MR) is 75.6 cm³/mol. The molecule has 2 aliphatic rings. The van der Waals surface area contributed by atoms with Crippen molar-refractivity contribution in [1.29, 1.82) is 0 Å². The molecular formula is C15H21N3O3. The van der Waals surface area contributed by atoms with Crippen LogP contribution >= 0.6 is 0 Å². The lowest BCUT2D eigenvalue weighted by Crippen LogP contribution is -2.68. The van der Waals surface area contributed by atoms with Crippen LogP contribution in [0.4, 0.5) is 0 Å². The first kappa shape index (κ1) is 14.1. The lowest BCUT2D eigenvalue weighted by atomic mass is 9.76. The van der Waals surface area contributed by atoms with Crippen molar-refractivity contribution in [2.75, 3.05) is 13.1 Å². The van der Waals surface area contributed by atoms with Crippen LogP contribution in [0.2, 0.25) is 0 Å². The molecule has 0 saturated carbocycles. The van der Waals surface area contributed by atoms with Crippen molar-refractivity contribution in [3.63, 3.8) is 0 Å². The van der Waals surface area contributed by atoms with Gasteiger partial charge in [0.25, 0.3) is 5.91 Å². The van der Waals surface area contributed by atoms with Gasteiger partial charge in [0, 0.05) is 26.1 Å². The molecule has 21 heavy (non-hydrogen) atoms. The molecule has 2 atom stereocenters. The standard InChI is InChI=1S/C15H21N3O3/c1-11(19)17-9-4-7-15(2)13(17)5-3-10-18(15)14(20)12-6-8-16-21-12/h6,8,13H,3-5,7,9-10H2,1-2H3/t13-,15-/m0/s1. The molecule has 114 valence electrons. The van der Waals surface area contributed by atoms with Gasteiger partial charge < -0.3 is 14.3 Å². The number of hydrogen-bond acceptors (Lipinski definition) is 4. The van der Waals surface area contributed by atoms with E-state index < -0.39 is 0 Å². The minimum absolute atomic E-state index is 0.0971. The Bertz CT molecular complexity index is 542. The number of amides is 2. The minimum Gasteiger partial charge on any atom is -0.351 e. The zero-order valence-corrected chi connectivity index (χ0v) is 12.5. The number of aromatic nitrogens is 1. The maximum absolute atomic E-state index is 12.7. The van der Waals surface area contributed by atoms with Crippen molar-refractivity contribution >= 4 is 11.8 Å². The molecule has 0 spiro atoms. The van der Waals surface area contributed by atoms with Gasteiger partial charge in [0.2, 0.25) is 11.7 Å². The molecule has 1 aromatic heterocycles. The molecule has 3 heterocycles. The van der Waals surface area contributed by atoms with Gasteiger partial charge in [-0.1, -0.05) is 5.16 Å². The normalized spacial score (nSPS) is 29.1. The van der Waals surface area contributed by atoms with Crippen LogP contribution in [0.25, 0.3) is 0 Å². The van der Waals surface area contributed by atoms with E-state index in [0.717, 1.165) is 32.2 Å². The zero-order valence-electron chi connectivity index (χ0n) is 12.5. The molecular weight excluding hydrogens is 270 g/mol. The van der Waals surface area contributed by atoms with E-state index in [9.17, 15) is 9.59 Å². The third kappa shape index (κ3) is 2.22. The number of likely N-dealkylation sites (tertiary alicyclic amines) is 2. The van der Waals surface area contributed by atoms with Gasteiger partial charge in [-0.2, -0.15) is 0 Å². The maximum atomic E-state index is 12.7. The molecule has 0 N–H and O–H groups in total. The molecule has 2 saturated heterocycles. The average Bonchev–Trinajstić information content (AvgIpc) is 2.98. The highest BCUT2D eigenvalue weighted by molar-refractivity contribution is 5.92. The number of nitrogens with zero attached hydrogens (tertiary/aromatic N) is 3. The summed E-state index contributed by atoms with van der Waals surface area (Å²) in [6.07, 6.45) is 5.19. The monoisotopic (exact) mass is 291 g/mol. The molecule has 2 amide bonds. The zero-order chi connectivity index (χ0) is 15.0. The quantitative estimate of drug-likeness (QED) is 0.789. The van der Waals surface area contributed by atoms with Crippen LogP contribution in [0.1, 0.15) is 50.1 Å². The Morgan fingerprint density at radius 2 is 2.19 bits per heavy atom.